The molecule has 0 spiro atoms. The van der Waals surface area contributed by atoms with Gasteiger partial charge in [-0.1, -0.05) is 13.0 Å². The molecular formula is C23H25FN6O3. The van der Waals surface area contributed by atoms with Crippen molar-refractivity contribution in [3.05, 3.63) is 47.1 Å². The number of alkyl halides is 1. The summed E-state index contributed by atoms with van der Waals surface area (Å²) in [4.78, 5) is 19.8. The number of fused-ring (bicyclic) bond motifs is 3. The highest BCUT2D eigenvalue weighted by Crippen LogP contribution is 2.48. The third kappa shape index (κ3) is 3.64. The van der Waals surface area contributed by atoms with E-state index < -0.39 is 23.5 Å². The molecule has 0 amide bonds. The quantitative estimate of drug-likeness (QED) is 0.620. The number of phenols is 1. The molecule has 172 valence electrons. The number of nitrogens with zero attached hydrogens (tertiary/aromatic N) is 5. The molecule has 33 heavy (non-hydrogen) atoms. The van der Waals surface area contributed by atoms with E-state index in [1.54, 1.807) is 31.3 Å². The van der Waals surface area contributed by atoms with E-state index in [1.807, 2.05) is 13.8 Å². The molecule has 1 aromatic carbocycles. The maximum Gasteiger partial charge on any atom is 0.350 e. The number of aromatic nitrogens is 5. The Hall–Kier alpha value is -3.40. The first-order valence-electron chi connectivity index (χ1n) is 10.8. The van der Waals surface area contributed by atoms with Gasteiger partial charge in [-0.15, -0.1) is 10.2 Å². The van der Waals surface area contributed by atoms with Crippen LogP contribution >= 0.6 is 0 Å². The summed E-state index contributed by atoms with van der Waals surface area (Å²) in [6.45, 7) is 4.62. The van der Waals surface area contributed by atoms with E-state index in [1.165, 1.54) is 17.0 Å². The number of nitrogens with one attached hydrogen (secondary N) is 1. The number of rotatable bonds is 4. The van der Waals surface area contributed by atoms with Crippen LogP contribution in [-0.4, -0.2) is 54.2 Å². The van der Waals surface area contributed by atoms with Gasteiger partial charge in [0.05, 0.1) is 11.2 Å². The first-order chi connectivity index (χ1) is 15.7. The van der Waals surface area contributed by atoms with Crippen LogP contribution in [0.2, 0.25) is 0 Å². The molecule has 3 fully saturated rings. The zero-order valence-electron chi connectivity index (χ0n) is 18.6. The Bertz CT molecular complexity index is 1250. The standard InChI is InChI=1S/C23H25FN6O3/c1-22-8-9-23(2,26-11-22)18(24)19(22)33-17-7-6-15(28-29-17)14-5-4-13(10-16(14)31)20-25-12-30(3)21(32)27-20/h4-7,10,12,18-19,26,31H,8-9,11H2,1-3H3/t18-,19+,22+,23+/m0/s1. The molecule has 9 nitrogen and oxygen atoms in total. The van der Waals surface area contributed by atoms with Crippen LogP contribution < -0.4 is 15.7 Å². The monoisotopic (exact) mass is 452 g/mol. The largest absolute Gasteiger partial charge is 0.507 e. The van der Waals surface area contributed by atoms with Crippen LogP contribution in [0.1, 0.15) is 26.7 Å². The normalized spacial score (nSPS) is 28.6. The SMILES string of the molecule is Cn1cnc(-c2ccc(-c3ccc(O[C@@H]4[C@H](F)[C@@]5(C)CC[C@]4(C)CN5)nn3)c(O)c2)nc1=O. The molecule has 2 N–H and O–H groups in total. The van der Waals surface area contributed by atoms with Crippen molar-refractivity contribution in [1.29, 1.82) is 0 Å². The summed E-state index contributed by atoms with van der Waals surface area (Å²) in [5, 5.41) is 22.1. The number of hydrogen-bond donors (Lipinski definition) is 2. The molecule has 2 aromatic heterocycles. The third-order valence-corrected chi connectivity index (χ3v) is 6.95. The van der Waals surface area contributed by atoms with Gasteiger partial charge in [0.25, 0.3) is 0 Å². The summed E-state index contributed by atoms with van der Waals surface area (Å²) in [5.41, 5.74) is 0.0368. The van der Waals surface area contributed by atoms with Crippen LogP contribution in [0.3, 0.4) is 0 Å². The van der Waals surface area contributed by atoms with Crippen LogP contribution in [-0.2, 0) is 7.05 Å². The molecule has 1 saturated carbocycles. The molecule has 2 bridgehead atoms. The minimum atomic E-state index is -1.15. The van der Waals surface area contributed by atoms with E-state index in [9.17, 15) is 9.90 Å². The first kappa shape index (κ1) is 21.4. The van der Waals surface area contributed by atoms with Crippen molar-refractivity contribution in [1.82, 2.24) is 30.0 Å². The van der Waals surface area contributed by atoms with Crippen molar-refractivity contribution in [2.45, 2.75) is 44.5 Å². The van der Waals surface area contributed by atoms with Gasteiger partial charge < -0.3 is 15.2 Å². The van der Waals surface area contributed by atoms with Crippen molar-refractivity contribution in [2.24, 2.45) is 12.5 Å². The molecule has 6 rings (SSSR count). The van der Waals surface area contributed by atoms with Crippen LogP contribution in [0, 0.1) is 5.41 Å². The molecular weight excluding hydrogens is 427 g/mol. The predicted octanol–water partition coefficient (Wildman–Crippen LogP) is 2.25. The Kier molecular flexibility index (Phi) is 4.93. The summed E-state index contributed by atoms with van der Waals surface area (Å²) >= 11 is 0. The summed E-state index contributed by atoms with van der Waals surface area (Å²) in [5.74, 6) is 0.405. The van der Waals surface area contributed by atoms with Gasteiger partial charge >= 0.3 is 5.69 Å². The third-order valence-electron chi connectivity index (χ3n) is 6.95. The van der Waals surface area contributed by atoms with Crippen molar-refractivity contribution >= 4 is 0 Å². The molecule has 3 aliphatic rings. The molecule has 1 aliphatic carbocycles. The Morgan fingerprint density at radius 1 is 1.21 bits per heavy atom. The molecule has 10 heteroatoms. The van der Waals surface area contributed by atoms with Crippen molar-refractivity contribution in [3.63, 3.8) is 0 Å². The molecule has 2 aliphatic heterocycles. The van der Waals surface area contributed by atoms with Gasteiger partial charge in [0, 0.05) is 36.2 Å². The molecule has 4 atom stereocenters. The van der Waals surface area contributed by atoms with Gasteiger partial charge in [-0.05, 0) is 38.0 Å². The average Bonchev–Trinajstić information content (AvgIpc) is 2.80. The molecule has 3 aromatic rings. The zero-order chi connectivity index (χ0) is 23.4. The molecule has 4 heterocycles. The van der Waals surface area contributed by atoms with E-state index in [-0.39, 0.29) is 22.9 Å². The minimum Gasteiger partial charge on any atom is -0.507 e. The highest BCUT2D eigenvalue weighted by molar-refractivity contribution is 5.71. The van der Waals surface area contributed by atoms with Gasteiger partial charge in [-0.3, -0.25) is 4.57 Å². The predicted molar refractivity (Wildman–Crippen MR) is 118 cm³/mol. The number of phenolic OH excluding ortho intramolecular Hbond substituents is 1. The fourth-order valence-corrected chi connectivity index (χ4v) is 4.57. The average molecular weight is 452 g/mol. The maximum absolute atomic E-state index is 15.2. The molecule has 0 unspecified atom stereocenters. The lowest BCUT2D eigenvalue weighted by Gasteiger charge is -2.56. The number of halogens is 1. The number of hydrogen-bond acceptors (Lipinski definition) is 8. The van der Waals surface area contributed by atoms with Crippen LogP contribution in [0.5, 0.6) is 11.6 Å². The molecule has 0 radical (unpaired) electrons. The number of aryl methyl sites for hydroxylation is 1. The smallest absolute Gasteiger partial charge is 0.350 e. The summed E-state index contributed by atoms with van der Waals surface area (Å²) < 4.78 is 22.4. The minimum absolute atomic E-state index is 0.0559. The van der Waals surface area contributed by atoms with Gasteiger partial charge in [0.15, 0.2) is 12.0 Å². The lowest BCUT2D eigenvalue weighted by molar-refractivity contribution is -0.120. The Balaban J connectivity index is 1.36. The van der Waals surface area contributed by atoms with Crippen LogP contribution in [0.4, 0.5) is 4.39 Å². The summed E-state index contributed by atoms with van der Waals surface area (Å²) in [6, 6.07) is 8.12. The van der Waals surface area contributed by atoms with Crippen molar-refractivity contribution in [3.8, 4) is 34.3 Å². The maximum atomic E-state index is 15.2. The van der Waals surface area contributed by atoms with E-state index >= 15 is 4.39 Å². The van der Waals surface area contributed by atoms with Crippen LogP contribution in [0.15, 0.2) is 41.5 Å². The summed E-state index contributed by atoms with van der Waals surface area (Å²) in [6.07, 6.45) is 1.26. The highest BCUT2D eigenvalue weighted by atomic mass is 19.1. The van der Waals surface area contributed by atoms with Crippen LogP contribution in [0.25, 0.3) is 22.6 Å². The second kappa shape index (κ2) is 7.58. The Labute approximate surface area is 189 Å². The lowest BCUT2D eigenvalue weighted by atomic mass is 9.61. The Morgan fingerprint density at radius 2 is 2.03 bits per heavy atom. The lowest BCUT2D eigenvalue weighted by Crippen LogP contribution is -2.72. The molecule has 2 saturated heterocycles. The fraction of sp³-hybridized carbons (Fsp3) is 0.435. The topological polar surface area (TPSA) is 115 Å². The van der Waals surface area contributed by atoms with E-state index in [4.69, 9.17) is 4.74 Å². The van der Waals surface area contributed by atoms with E-state index in [0.29, 0.717) is 23.4 Å². The second-order valence-electron chi connectivity index (χ2n) is 9.43. The van der Waals surface area contributed by atoms with E-state index in [2.05, 4.69) is 25.5 Å². The zero-order valence-corrected chi connectivity index (χ0v) is 18.6. The summed E-state index contributed by atoms with van der Waals surface area (Å²) in [7, 11) is 1.56. The number of piperidine rings is 2. The first-order valence-corrected chi connectivity index (χ1v) is 10.8. The number of benzene rings is 1. The van der Waals surface area contributed by atoms with Gasteiger partial charge in [0.2, 0.25) is 5.88 Å². The Morgan fingerprint density at radius 3 is 2.67 bits per heavy atom. The van der Waals surface area contributed by atoms with Crippen molar-refractivity contribution in [2.75, 3.05) is 6.54 Å². The second-order valence-corrected chi connectivity index (χ2v) is 9.43. The van der Waals surface area contributed by atoms with E-state index in [0.717, 1.165) is 12.8 Å². The number of aromatic hydroxyl groups is 1. The van der Waals surface area contributed by atoms with Gasteiger partial charge in [-0.25, -0.2) is 14.2 Å². The number of ether oxygens (including phenoxy) is 1. The van der Waals surface area contributed by atoms with Gasteiger partial charge in [0.1, 0.15) is 18.2 Å². The highest BCUT2D eigenvalue weighted by Gasteiger charge is 2.58. The fourth-order valence-electron chi connectivity index (χ4n) is 4.57. The van der Waals surface area contributed by atoms with Crippen molar-refractivity contribution < 1.29 is 14.2 Å². The van der Waals surface area contributed by atoms with Gasteiger partial charge in [-0.2, -0.15) is 4.98 Å².